The van der Waals surface area contributed by atoms with Crippen molar-refractivity contribution in [3.05, 3.63) is 30.1 Å². The molecular weight excluding hydrogens is 186 g/mol. The summed E-state index contributed by atoms with van der Waals surface area (Å²) in [6, 6.07) is 3.81. The summed E-state index contributed by atoms with van der Waals surface area (Å²) < 4.78 is 2.07. The van der Waals surface area contributed by atoms with Crippen LogP contribution in [-0.2, 0) is 5.54 Å². The Kier molecular flexibility index (Phi) is 3.28. The van der Waals surface area contributed by atoms with Gasteiger partial charge in [-0.05, 0) is 6.07 Å². The van der Waals surface area contributed by atoms with E-state index in [1.54, 1.807) is 0 Å². The van der Waals surface area contributed by atoms with E-state index in [0.717, 1.165) is 5.56 Å². The van der Waals surface area contributed by atoms with Crippen LogP contribution in [0.5, 0.6) is 0 Å². The molecule has 1 rings (SSSR count). The highest BCUT2D eigenvalue weighted by molar-refractivity contribution is 5.96. The van der Waals surface area contributed by atoms with E-state index in [0.29, 0.717) is 0 Å². The van der Waals surface area contributed by atoms with Gasteiger partial charge in [0.1, 0.15) is 0 Å². The van der Waals surface area contributed by atoms with Gasteiger partial charge in [-0.2, -0.15) is 4.57 Å². The van der Waals surface area contributed by atoms with Crippen molar-refractivity contribution in [1.82, 2.24) is 0 Å². The maximum Gasteiger partial charge on any atom is 0.180 e. The second kappa shape index (κ2) is 4.13. The Morgan fingerprint density at radius 1 is 1.33 bits per heavy atom. The van der Waals surface area contributed by atoms with Crippen molar-refractivity contribution in [2.75, 3.05) is 0 Å². The lowest BCUT2D eigenvalue weighted by molar-refractivity contribution is -0.754. The Morgan fingerprint density at radius 3 is 2.40 bits per heavy atom. The lowest BCUT2D eigenvalue weighted by atomic mass is 10.0. The van der Waals surface area contributed by atoms with Gasteiger partial charge in [-0.25, -0.2) is 0 Å². The lowest BCUT2D eigenvalue weighted by Crippen LogP contribution is -2.50. The number of aromatic nitrogens is 1. The zero-order valence-corrected chi connectivity index (χ0v) is 10.2. The van der Waals surface area contributed by atoms with Gasteiger partial charge in [0.05, 0.1) is 5.56 Å². The van der Waals surface area contributed by atoms with E-state index in [2.05, 4.69) is 25.3 Å². The first kappa shape index (κ1) is 11.9. The van der Waals surface area contributed by atoms with Crippen LogP contribution in [0.15, 0.2) is 24.5 Å². The zero-order valence-electron chi connectivity index (χ0n) is 10.2. The Hall–Kier alpha value is -1.18. The highest BCUT2D eigenvalue weighted by atomic mass is 16.1. The molecule has 0 saturated carbocycles. The van der Waals surface area contributed by atoms with Gasteiger partial charge in [-0.3, -0.25) is 4.79 Å². The van der Waals surface area contributed by atoms with Crippen LogP contribution < -0.4 is 4.57 Å². The molecule has 0 saturated heterocycles. The Balaban J connectivity index is 3.09. The number of carbonyl (C=O) groups is 1. The fourth-order valence-electron chi connectivity index (χ4n) is 1.37. The fourth-order valence-corrected chi connectivity index (χ4v) is 1.37. The van der Waals surface area contributed by atoms with Gasteiger partial charge in [0, 0.05) is 32.8 Å². The van der Waals surface area contributed by atoms with E-state index in [9.17, 15) is 4.79 Å². The quantitative estimate of drug-likeness (QED) is 0.538. The molecule has 0 bridgehead atoms. The van der Waals surface area contributed by atoms with Gasteiger partial charge in [0.2, 0.25) is 0 Å². The fraction of sp³-hybridized carbons (Fsp3) is 0.538. The van der Waals surface area contributed by atoms with Crippen LogP contribution in [0.2, 0.25) is 0 Å². The van der Waals surface area contributed by atoms with Crippen LogP contribution >= 0.6 is 0 Å². The molecule has 0 amide bonds. The van der Waals surface area contributed by atoms with Crippen molar-refractivity contribution in [3.63, 3.8) is 0 Å². The maximum absolute atomic E-state index is 11.8. The van der Waals surface area contributed by atoms with Crippen LogP contribution in [0.3, 0.4) is 0 Å². The van der Waals surface area contributed by atoms with Crippen molar-refractivity contribution in [2.24, 2.45) is 5.92 Å². The number of hydrogen-bond acceptors (Lipinski definition) is 1. The highest BCUT2D eigenvalue weighted by Gasteiger charge is 2.23. The molecule has 0 aliphatic carbocycles. The number of rotatable bonds is 2. The average molecular weight is 206 g/mol. The van der Waals surface area contributed by atoms with Gasteiger partial charge in [-0.15, -0.1) is 0 Å². The third-order valence-electron chi connectivity index (χ3n) is 2.38. The summed E-state index contributed by atoms with van der Waals surface area (Å²) in [5, 5.41) is 0. The molecule has 0 fully saturated rings. The molecule has 0 atom stereocenters. The normalized spacial score (nSPS) is 11.9. The summed E-state index contributed by atoms with van der Waals surface area (Å²) in [5.74, 6) is 0.259. The van der Waals surface area contributed by atoms with Gasteiger partial charge in [0.15, 0.2) is 23.7 Å². The predicted octanol–water partition coefficient (Wildman–Crippen LogP) is 2.57. The van der Waals surface area contributed by atoms with Gasteiger partial charge in [0.25, 0.3) is 0 Å². The SMILES string of the molecule is CC(C)C(=O)c1ccc[n+](C(C)(C)C)c1. The van der Waals surface area contributed by atoms with E-state index in [1.165, 1.54) is 0 Å². The van der Waals surface area contributed by atoms with Crippen LogP contribution in [0.4, 0.5) is 0 Å². The minimum Gasteiger partial charge on any atom is -0.294 e. The van der Waals surface area contributed by atoms with Gasteiger partial charge >= 0.3 is 0 Å². The molecule has 0 aromatic carbocycles. The van der Waals surface area contributed by atoms with Crippen LogP contribution in [-0.4, -0.2) is 5.78 Å². The zero-order chi connectivity index (χ0) is 11.6. The van der Waals surface area contributed by atoms with Crippen molar-refractivity contribution >= 4 is 5.78 Å². The number of carbonyl (C=O) groups excluding carboxylic acids is 1. The Bertz CT molecular complexity index is 361. The first-order valence-corrected chi connectivity index (χ1v) is 5.38. The minimum atomic E-state index is 0.0211. The molecule has 2 heteroatoms. The monoisotopic (exact) mass is 206 g/mol. The average Bonchev–Trinajstić information content (AvgIpc) is 2.15. The summed E-state index contributed by atoms with van der Waals surface area (Å²) in [5.41, 5.74) is 0.815. The molecule has 1 heterocycles. The van der Waals surface area contributed by atoms with Crippen molar-refractivity contribution in [1.29, 1.82) is 0 Å². The summed E-state index contributed by atoms with van der Waals surface area (Å²) in [6.45, 7) is 10.2. The van der Waals surface area contributed by atoms with Crippen molar-refractivity contribution in [2.45, 2.75) is 40.2 Å². The van der Waals surface area contributed by atoms with Crippen LogP contribution in [0, 0.1) is 5.92 Å². The molecule has 82 valence electrons. The van der Waals surface area contributed by atoms with E-state index < -0.39 is 0 Å². The van der Waals surface area contributed by atoms with Crippen molar-refractivity contribution in [3.8, 4) is 0 Å². The number of Topliss-reactive ketones (excluding diaryl/α,β-unsaturated/α-hetero) is 1. The molecule has 2 nitrogen and oxygen atoms in total. The lowest BCUT2D eigenvalue weighted by Gasteiger charge is -2.13. The van der Waals surface area contributed by atoms with E-state index in [4.69, 9.17) is 0 Å². The smallest absolute Gasteiger partial charge is 0.180 e. The number of nitrogens with zero attached hydrogens (tertiary/aromatic N) is 1. The summed E-state index contributed by atoms with van der Waals surface area (Å²) >= 11 is 0. The summed E-state index contributed by atoms with van der Waals surface area (Å²) in [4.78, 5) is 11.8. The molecule has 1 aromatic heterocycles. The van der Waals surface area contributed by atoms with Crippen LogP contribution in [0.1, 0.15) is 45.0 Å². The highest BCUT2D eigenvalue weighted by Crippen LogP contribution is 2.08. The third-order valence-corrected chi connectivity index (χ3v) is 2.38. The van der Waals surface area contributed by atoms with Crippen LogP contribution in [0.25, 0.3) is 0 Å². The standard InChI is InChI=1S/C13H20NO/c1-10(2)12(15)11-7-6-8-14(9-11)13(3,4)5/h6-10H,1-5H3/q+1. The largest absolute Gasteiger partial charge is 0.294 e. The van der Waals surface area contributed by atoms with E-state index in [1.807, 2.05) is 38.4 Å². The molecule has 0 N–H and O–H groups in total. The maximum atomic E-state index is 11.8. The second-order valence-electron chi connectivity index (χ2n) is 5.19. The van der Waals surface area contributed by atoms with Gasteiger partial charge in [-0.1, -0.05) is 13.8 Å². The molecule has 0 aliphatic heterocycles. The second-order valence-corrected chi connectivity index (χ2v) is 5.19. The number of hydrogen-bond donors (Lipinski definition) is 0. The summed E-state index contributed by atoms with van der Waals surface area (Å²) in [6.07, 6.45) is 3.93. The first-order chi connectivity index (χ1) is 6.82. The molecule has 0 unspecified atom stereocenters. The molecular formula is C13H20NO+. The Labute approximate surface area is 91.9 Å². The molecule has 15 heavy (non-hydrogen) atoms. The van der Waals surface area contributed by atoms with Gasteiger partial charge < -0.3 is 0 Å². The molecule has 0 radical (unpaired) electrons. The first-order valence-electron chi connectivity index (χ1n) is 5.38. The number of ketones is 1. The van der Waals surface area contributed by atoms with Crippen molar-refractivity contribution < 1.29 is 9.36 Å². The number of pyridine rings is 1. The summed E-state index contributed by atoms with van der Waals surface area (Å²) in [7, 11) is 0. The minimum absolute atomic E-state index is 0.0211. The molecule has 1 aromatic rings. The Morgan fingerprint density at radius 2 is 1.93 bits per heavy atom. The van der Waals surface area contributed by atoms with E-state index in [-0.39, 0.29) is 17.2 Å². The van der Waals surface area contributed by atoms with E-state index >= 15 is 0 Å². The molecule has 0 spiro atoms. The third kappa shape index (κ3) is 2.88. The predicted molar refractivity (Wildman–Crippen MR) is 60.8 cm³/mol. The molecule has 0 aliphatic rings. The topological polar surface area (TPSA) is 20.9 Å².